The standard InChI is InChI=1S/C27H25Cl3F3N3O4S/c1-3-24(26(38)34-2)35(15-17-9-11-22(29)23(30)13-17)25(37)16-36(41(39,40)19-7-5-4-6-8-19)18-10-12-21(28)20(14-18)27(31,32)33/h4-14,24H,3,15-16H2,1-2H3,(H,34,38)/t24-/m1/s1. The lowest BCUT2D eigenvalue weighted by atomic mass is 10.1. The number of rotatable bonds is 10. The SMILES string of the molecule is CC[C@H](C(=O)NC)N(Cc1ccc(Cl)c(Cl)c1)C(=O)CN(c1ccc(Cl)c(C(F)(F)F)c1)S(=O)(=O)c1ccccc1. The molecule has 0 heterocycles. The Labute approximate surface area is 250 Å². The molecule has 3 rings (SSSR count). The molecule has 0 aromatic heterocycles. The van der Waals surface area contributed by atoms with E-state index in [1.54, 1.807) is 19.1 Å². The van der Waals surface area contributed by atoms with Gasteiger partial charge in [0.1, 0.15) is 12.6 Å². The highest BCUT2D eigenvalue weighted by Crippen LogP contribution is 2.38. The van der Waals surface area contributed by atoms with E-state index in [0.29, 0.717) is 15.9 Å². The first-order valence-corrected chi connectivity index (χ1v) is 14.7. The lowest BCUT2D eigenvalue weighted by Crippen LogP contribution is -2.51. The highest BCUT2D eigenvalue weighted by Gasteiger charge is 2.37. The summed E-state index contributed by atoms with van der Waals surface area (Å²) in [6.07, 6.45) is -4.75. The second-order valence-electron chi connectivity index (χ2n) is 8.80. The summed E-state index contributed by atoms with van der Waals surface area (Å²) in [5.41, 5.74) is -1.23. The van der Waals surface area contributed by atoms with Crippen LogP contribution in [0, 0.1) is 0 Å². The van der Waals surface area contributed by atoms with Gasteiger partial charge in [-0.2, -0.15) is 13.2 Å². The third kappa shape index (κ3) is 7.65. The van der Waals surface area contributed by atoms with E-state index < -0.39 is 56.9 Å². The molecule has 0 saturated carbocycles. The number of nitrogens with one attached hydrogen (secondary N) is 1. The Balaban J connectivity index is 2.14. The van der Waals surface area contributed by atoms with E-state index in [1.807, 2.05) is 0 Å². The quantitative estimate of drug-likeness (QED) is 0.275. The van der Waals surface area contributed by atoms with Crippen LogP contribution in [0.25, 0.3) is 0 Å². The molecule has 0 spiro atoms. The van der Waals surface area contributed by atoms with E-state index in [2.05, 4.69) is 5.32 Å². The normalized spacial score (nSPS) is 12.5. The maximum absolute atomic E-state index is 13.9. The summed E-state index contributed by atoms with van der Waals surface area (Å²) >= 11 is 17.9. The first kappa shape index (κ1) is 32.5. The summed E-state index contributed by atoms with van der Waals surface area (Å²) in [6, 6.07) is 13.0. The van der Waals surface area contributed by atoms with E-state index >= 15 is 0 Å². The molecule has 0 aliphatic carbocycles. The second-order valence-corrected chi connectivity index (χ2v) is 11.9. The third-order valence-electron chi connectivity index (χ3n) is 6.12. The van der Waals surface area contributed by atoms with Crippen molar-refractivity contribution in [1.82, 2.24) is 10.2 Å². The van der Waals surface area contributed by atoms with Gasteiger partial charge in [-0.05, 0) is 54.4 Å². The molecule has 1 atom stereocenters. The number of anilines is 1. The fourth-order valence-corrected chi connectivity index (χ4v) is 6.03. The van der Waals surface area contributed by atoms with Crippen molar-refractivity contribution in [2.45, 2.75) is 37.0 Å². The number of nitrogens with zero attached hydrogens (tertiary/aromatic N) is 2. The summed E-state index contributed by atoms with van der Waals surface area (Å²) in [5.74, 6) is -1.38. The van der Waals surface area contributed by atoms with Crippen LogP contribution in [0.5, 0.6) is 0 Å². The number of hydrogen-bond donors (Lipinski definition) is 1. The van der Waals surface area contributed by atoms with Crippen LogP contribution in [-0.2, 0) is 32.3 Å². The van der Waals surface area contributed by atoms with E-state index in [0.717, 1.165) is 17.0 Å². The van der Waals surface area contributed by atoms with E-state index in [-0.39, 0.29) is 27.9 Å². The van der Waals surface area contributed by atoms with Gasteiger partial charge in [0.25, 0.3) is 10.0 Å². The average molecular weight is 651 g/mol. The second kappa shape index (κ2) is 13.3. The van der Waals surface area contributed by atoms with Gasteiger partial charge in [0.05, 0.1) is 31.2 Å². The minimum absolute atomic E-state index is 0.150. The molecule has 3 aromatic rings. The molecular weight excluding hydrogens is 626 g/mol. The van der Waals surface area contributed by atoms with Crippen molar-refractivity contribution in [2.75, 3.05) is 17.9 Å². The number of halogens is 6. The Morgan fingerprint density at radius 3 is 2.12 bits per heavy atom. The zero-order valence-electron chi connectivity index (χ0n) is 21.8. The highest BCUT2D eigenvalue weighted by molar-refractivity contribution is 7.92. The number of carbonyl (C=O) groups is 2. The van der Waals surface area contributed by atoms with Crippen molar-refractivity contribution in [3.63, 3.8) is 0 Å². The zero-order valence-corrected chi connectivity index (χ0v) is 24.8. The van der Waals surface area contributed by atoms with Gasteiger partial charge in [0.15, 0.2) is 0 Å². The number of hydrogen-bond acceptors (Lipinski definition) is 4. The Kier molecular flexibility index (Phi) is 10.6. The van der Waals surface area contributed by atoms with E-state index in [1.165, 1.54) is 43.4 Å². The number of benzene rings is 3. The molecule has 0 fully saturated rings. The summed E-state index contributed by atoms with van der Waals surface area (Å²) in [4.78, 5) is 27.5. The number of amides is 2. The van der Waals surface area contributed by atoms with Crippen LogP contribution in [0.2, 0.25) is 15.1 Å². The van der Waals surface area contributed by atoms with Gasteiger partial charge in [-0.1, -0.05) is 66.0 Å². The molecule has 2 amide bonds. The van der Waals surface area contributed by atoms with Crippen LogP contribution >= 0.6 is 34.8 Å². The molecule has 14 heteroatoms. The van der Waals surface area contributed by atoms with Gasteiger partial charge in [-0.25, -0.2) is 8.42 Å². The van der Waals surface area contributed by atoms with Gasteiger partial charge in [0.2, 0.25) is 11.8 Å². The van der Waals surface area contributed by atoms with Crippen molar-refractivity contribution in [2.24, 2.45) is 0 Å². The van der Waals surface area contributed by atoms with Crippen LogP contribution in [0.15, 0.2) is 71.6 Å². The Hall–Kier alpha value is -2.99. The van der Waals surface area contributed by atoms with Crippen LogP contribution in [0.1, 0.15) is 24.5 Å². The van der Waals surface area contributed by atoms with Crippen LogP contribution in [0.3, 0.4) is 0 Å². The smallest absolute Gasteiger partial charge is 0.357 e. The van der Waals surface area contributed by atoms with Crippen LogP contribution in [0.4, 0.5) is 18.9 Å². The predicted octanol–water partition coefficient (Wildman–Crippen LogP) is 6.41. The Morgan fingerprint density at radius 2 is 1.56 bits per heavy atom. The molecule has 0 aliphatic rings. The summed E-state index contributed by atoms with van der Waals surface area (Å²) in [5, 5.41) is 2.29. The molecule has 1 N–H and O–H groups in total. The molecule has 41 heavy (non-hydrogen) atoms. The largest absolute Gasteiger partial charge is 0.417 e. The van der Waals surface area contributed by atoms with Crippen molar-refractivity contribution in [1.29, 1.82) is 0 Å². The molecule has 0 saturated heterocycles. The van der Waals surface area contributed by atoms with Crippen molar-refractivity contribution in [3.05, 3.63) is 92.9 Å². The lowest BCUT2D eigenvalue weighted by molar-refractivity contribution is -0.140. The summed E-state index contributed by atoms with van der Waals surface area (Å²) in [6.45, 7) is 0.558. The van der Waals surface area contributed by atoms with Crippen LogP contribution < -0.4 is 9.62 Å². The van der Waals surface area contributed by atoms with E-state index in [4.69, 9.17) is 34.8 Å². The van der Waals surface area contributed by atoms with Crippen molar-refractivity contribution < 1.29 is 31.2 Å². The van der Waals surface area contributed by atoms with Gasteiger partial charge in [0, 0.05) is 13.6 Å². The third-order valence-corrected chi connectivity index (χ3v) is 8.98. The predicted molar refractivity (Wildman–Crippen MR) is 153 cm³/mol. The van der Waals surface area contributed by atoms with Crippen molar-refractivity contribution in [3.8, 4) is 0 Å². The van der Waals surface area contributed by atoms with Gasteiger partial charge in [-0.15, -0.1) is 0 Å². The number of carbonyl (C=O) groups excluding carboxylic acids is 2. The first-order chi connectivity index (χ1) is 19.2. The fraction of sp³-hybridized carbons (Fsp3) is 0.259. The average Bonchev–Trinajstić information content (AvgIpc) is 2.93. The first-order valence-electron chi connectivity index (χ1n) is 12.1. The molecule has 0 unspecified atom stereocenters. The molecule has 0 aliphatic heterocycles. The van der Waals surface area contributed by atoms with Gasteiger partial charge >= 0.3 is 6.18 Å². The Bertz CT molecular complexity index is 1520. The summed E-state index contributed by atoms with van der Waals surface area (Å²) in [7, 11) is -3.18. The highest BCUT2D eigenvalue weighted by atomic mass is 35.5. The maximum atomic E-state index is 13.9. The monoisotopic (exact) mass is 649 g/mol. The van der Waals surface area contributed by atoms with E-state index in [9.17, 15) is 31.2 Å². The number of likely N-dealkylation sites (N-methyl/N-ethyl adjacent to an activating group) is 1. The molecule has 3 aromatic carbocycles. The van der Waals surface area contributed by atoms with Gasteiger partial charge in [-0.3, -0.25) is 13.9 Å². The molecule has 7 nitrogen and oxygen atoms in total. The molecule has 220 valence electrons. The minimum Gasteiger partial charge on any atom is -0.357 e. The summed E-state index contributed by atoms with van der Waals surface area (Å²) < 4.78 is 69.1. The lowest BCUT2D eigenvalue weighted by Gasteiger charge is -2.33. The van der Waals surface area contributed by atoms with Crippen molar-refractivity contribution >= 4 is 62.3 Å². The molecule has 0 radical (unpaired) electrons. The van der Waals surface area contributed by atoms with Crippen LogP contribution in [-0.4, -0.2) is 44.8 Å². The maximum Gasteiger partial charge on any atom is 0.417 e. The van der Waals surface area contributed by atoms with Gasteiger partial charge < -0.3 is 10.2 Å². The topological polar surface area (TPSA) is 86.8 Å². The number of sulfonamides is 1. The number of alkyl halides is 3. The fourth-order valence-electron chi connectivity index (χ4n) is 4.05. The zero-order chi connectivity index (χ0) is 30.5. The minimum atomic E-state index is -4.90. The Morgan fingerprint density at radius 1 is 0.927 bits per heavy atom. The molecule has 0 bridgehead atoms. The molecular formula is C27H25Cl3F3N3O4S.